The molecule has 0 saturated heterocycles. The Morgan fingerprint density at radius 1 is 0.875 bits per heavy atom. The van der Waals surface area contributed by atoms with Crippen LogP contribution in [0.2, 0.25) is 0 Å². The smallest absolute Gasteiger partial charge is 0.344 e. The van der Waals surface area contributed by atoms with Crippen LogP contribution in [0.3, 0.4) is 0 Å². The van der Waals surface area contributed by atoms with Gasteiger partial charge in [0.2, 0.25) is 0 Å². The molecule has 0 aliphatic heterocycles. The summed E-state index contributed by atoms with van der Waals surface area (Å²) in [6.07, 6.45) is -1.41. The minimum atomic E-state index is -0.763. The van der Waals surface area contributed by atoms with Gasteiger partial charge in [0.05, 0.1) is 11.7 Å². The molecule has 0 aliphatic carbocycles. The van der Waals surface area contributed by atoms with E-state index in [1.807, 2.05) is 66.7 Å². The summed E-state index contributed by atoms with van der Waals surface area (Å²) in [6.45, 7) is 0.658. The molecule has 2 unspecified atom stereocenters. The Kier molecular flexibility index (Phi) is 6.97. The molecule has 6 heteroatoms. The van der Waals surface area contributed by atoms with Gasteiger partial charge in [0, 0.05) is 24.5 Å². The number of benzene rings is 3. The molecule has 0 spiro atoms. The highest BCUT2D eigenvalue weighted by molar-refractivity contribution is 5.82. The zero-order chi connectivity index (χ0) is 22.3. The molecule has 0 radical (unpaired) electrons. The third kappa shape index (κ3) is 5.42. The van der Waals surface area contributed by atoms with E-state index < -0.39 is 17.8 Å². The van der Waals surface area contributed by atoms with Gasteiger partial charge < -0.3 is 24.7 Å². The van der Waals surface area contributed by atoms with Crippen molar-refractivity contribution in [3.05, 3.63) is 101 Å². The summed E-state index contributed by atoms with van der Waals surface area (Å²) >= 11 is 0. The number of fused-ring (bicyclic) bond motifs is 1. The van der Waals surface area contributed by atoms with E-state index in [1.54, 1.807) is 18.2 Å². The number of hydrogen-bond acceptors (Lipinski definition) is 6. The lowest BCUT2D eigenvalue weighted by molar-refractivity contribution is 0.0996. The Balaban J connectivity index is 1.32. The Hall–Kier alpha value is -3.45. The molecule has 0 fully saturated rings. The third-order valence-electron chi connectivity index (χ3n) is 5.14. The third-order valence-corrected chi connectivity index (χ3v) is 5.14. The van der Waals surface area contributed by atoms with Gasteiger partial charge >= 0.3 is 5.63 Å². The van der Waals surface area contributed by atoms with Crippen LogP contribution in [0.25, 0.3) is 22.1 Å². The quantitative estimate of drug-likeness (QED) is 0.351. The topological polar surface area (TPSA) is 91.9 Å². The maximum atomic E-state index is 12.4. The lowest BCUT2D eigenvalue weighted by Gasteiger charge is -2.16. The average Bonchev–Trinajstić information content (AvgIpc) is 2.83. The van der Waals surface area contributed by atoms with E-state index >= 15 is 0 Å². The van der Waals surface area contributed by atoms with E-state index in [2.05, 4.69) is 5.32 Å². The minimum Gasteiger partial charge on any atom is -0.491 e. The molecule has 3 N–H and O–H groups in total. The van der Waals surface area contributed by atoms with E-state index in [9.17, 15) is 15.0 Å². The van der Waals surface area contributed by atoms with Crippen molar-refractivity contribution in [3.63, 3.8) is 0 Å². The lowest BCUT2D eigenvalue weighted by Crippen LogP contribution is -2.33. The van der Waals surface area contributed by atoms with Gasteiger partial charge in [-0.2, -0.15) is 0 Å². The van der Waals surface area contributed by atoms with Gasteiger partial charge in [-0.1, -0.05) is 60.7 Å². The molecular formula is C26H25NO5. The maximum Gasteiger partial charge on any atom is 0.344 e. The number of hydrogen-bond donors (Lipinski definition) is 3. The molecule has 164 valence electrons. The second-order valence-corrected chi connectivity index (χ2v) is 7.56. The fourth-order valence-corrected chi connectivity index (χ4v) is 3.43. The molecule has 3 aromatic carbocycles. The van der Waals surface area contributed by atoms with Gasteiger partial charge in [-0.25, -0.2) is 4.79 Å². The van der Waals surface area contributed by atoms with Crippen LogP contribution in [0.1, 0.15) is 11.7 Å². The summed E-state index contributed by atoms with van der Waals surface area (Å²) in [6, 6.07) is 25.8. The molecule has 0 aliphatic rings. The first-order chi connectivity index (χ1) is 15.6. The van der Waals surface area contributed by atoms with Crippen LogP contribution < -0.4 is 15.7 Å². The van der Waals surface area contributed by atoms with Crippen molar-refractivity contribution in [1.29, 1.82) is 0 Å². The van der Waals surface area contributed by atoms with Crippen molar-refractivity contribution in [2.45, 2.75) is 12.2 Å². The van der Waals surface area contributed by atoms with Gasteiger partial charge in [0.15, 0.2) is 0 Å². The monoisotopic (exact) mass is 431 g/mol. The van der Waals surface area contributed by atoms with Crippen LogP contribution in [0.15, 0.2) is 94.1 Å². The number of ether oxygens (including phenoxy) is 1. The predicted octanol–water partition coefficient (Wildman–Crippen LogP) is 3.52. The van der Waals surface area contributed by atoms with E-state index in [-0.39, 0.29) is 13.2 Å². The highest BCUT2D eigenvalue weighted by atomic mass is 16.5. The van der Waals surface area contributed by atoms with Gasteiger partial charge in [0.25, 0.3) is 0 Å². The van der Waals surface area contributed by atoms with E-state index in [0.717, 1.165) is 16.5 Å². The standard InChI is InChI=1S/C26H25NO5/c28-21(15-27-16-24(29)19-9-5-2-6-10-19)17-31-22-12-11-20-13-23(18-7-3-1-4-8-18)26(30)32-25(20)14-22/h1-14,21,24,27-29H,15-17H2. The predicted molar refractivity (Wildman–Crippen MR) is 124 cm³/mol. The second kappa shape index (κ2) is 10.2. The summed E-state index contributed by atoms with van der Waals surface area (Å²) in [5.74, 6) is 0.497. The first-order valence-corrected chi connectivity index (χ1v) is 10.5. The Morgan fingerprint density at radius 2 is 1.59 bits per heavy atom. The summed E-state index contributed by atoms with van der Waals surface area (Å²) < 4.78 is 11.1. The highest BCUT2D eigenvalue weighted by Gasteiger charge is 2.11. The van der Waals surface area contributed by atoms with Gasteiger partial charge in [-0.3, -0.25) is 0 Å². The van der Waals surface area contributed by atoms with Crippen LogP contribution in [-0.4, -0.2) is 36.0 Å². The van der Waals surface area contributed by atoms with E-state index in [0.29, 0.717) is 23.4 Å². The zero-order valence-electron chi connectivity index (χ0n) is 17.5. The summed E-state index contributed by atoms with van der Waals surface area (Å²) in [5, 5.41) is 24.1. The van der Waals surface area contributed by atoms with E-state index in [4.69, 9.17) is 9.15 Å². The van der Waals surface area contributed by atoms with Crippen LogP contribution >= 0.6 is 0 Å². The molecule has 1 aromatic heterocycles. The summed E-state index contributed by atoms with van der Waals surface area (Å²) in [7, 11) is 0. The molecule has 6 nitrogen and oxygen atoms in total. The van der Waals surface area contributed by atoms with Crippen molar-refractivity contribution in [2.75, 3.05) is 19.7 Å². The first-order valence-electron chi connectivity index (χ1n) is 10.5. The molecule has 0 saturated carbocycles. The SMILES string of the molecule is O=c1oc2cc(OCC(O)CNCC(O)c3ccccc3)ccc2cc1-c1ccccc1. The number of nitrogens with one attached hydrogen (secondary N) is 1. The molecule has 0 bridgehead atoms. The normalized spacial score (nSPS) is 13.1. The van der Waals surface area contributed by atoms with Crippen molar-refractivity contribution in [3.8, 4) is 16.9 Å². The zero-order valence-corrected chi connectivity index (χ0v) is 17.5. The van der Waals surface area contributed by atoms with Crippen LogP contribution in [0, 0.1) is 0 Å². The van der Waals surface area contributed by atoms with Crippen molar-refractivity contribution in [2.24, 2.45) is 0 Å². The fraction of sp³-hybridized carbons (Fsp3) is 0.192. The van der Waals surface area contributed by atoms with Gasteiger partial charge in [0.1, 0.15) is 24.0 Å². The van der Waals surface area contributed by atoms with Crippen LogP contribution in [0.4, 0.5) is 0 Å². The minimum absolute atomic E-state index is 0.0618. The first kappa shape index (κ1) is 21.8. The summed E-state index contributed by atoms with van der Waals surface area (Å²) in [5.41, 5.74) is 2.13. The van der Waals surface area contributed by atoms with Crippen molar-refractivity contribution < 1.29 is 19.4 Å². The Morgan fingerprint density at radius 3 is 2.34 bits per heavy atom. The molecule has 4 aromatic rings. The number of rotatable bonds is 9. The molecule has 1 heterocycles. The van der Waals surface area contributed by atoms with Crippen LogP contribution in [-0.2, 0) is 0 Å². The molecule has 2 atom stereocenters. The average molecular weight is 431 g/mol. The maximum absolute atomic E-state index is 12.4. The Labute approximate surface area is 185 Å². The van der Waals surface area contributed by atoms with Crippen LogP contribution in [0.5, 0.6) is 5.75 Å². The Bertz CT molecular complexity index is 1210. The van der Waals surface area contributed by atoms with Gasteiger partial charge in [-0.05, 0) is 29.3 Å². The van der Waals surface area contributed by atoms with Crippen molar-refractivity contribution >= 4 is 11.0 Å². The van der Waals surface area contributed by atoms with Crippen molar-refractivity contribution in [1.82, 2.24) is 5.32 Å². The second-order valence-electron chi connectivity index (χ2n) is 7.56. The van der Waals surface area contributed by atoms with E-state index in [1.165, 1.54) is 0 Å². The molecule has 0 amide bonds. The molecule has 4 rings (SSSR count). The highest BCUT2D eigenvalue weighted by Crippen LogP contribution is 2.24. The fourth-order valence-electron chi connectivity index (χ4n) is 3.43. The largest absolute Gasteiger partial charge is 0.491 e. The summed E-state index contributed by atoms with van der Waals surface area (Å²) in [4.78, 5) is 12.4. The lowest BCUT2D eigenvalue weighted by atomic mass is 10.1. The molecular weight excluding hydrogens is 406 g/mol. The number of aliphatic hydroxyl groups is 2. The molecule has 32 heavy (non-hydrogen) atoms. The number of aliphatic hydroxyl groups excluding tert-OH is 2. The van der Waals surface area contributed by atoms with Gasteiger partial charge in [-0.15, -0.1) is 0 Å².